The lowest BCUT2D eigenvalue weighted by Crippen LogP contribution is -2.41. The van der Waals surface area contributed by atoms with E-state index in [-0.39, 0.29) is 11.4 Å². The zero-order chi connectivity index (χ0) is 14.3. The molecule has 0 saturated carbocycles. The molecule has 1 aliphatic heterocycles. The second-order valence-corrected chi connectivity index (χ2v) is 5.48. The predicted molar refractivity (Wildman–Crippen MR) is 69.4 cm³/mol. The fourth-order valence-corrected chi connectivity index (χ4v) is 1.78. The van der Waals surface area contributed by atoms with Crippen LogP contribution in [0.2, 0.25) is 0 Å². The average molecular weight is 255 g/mol. The second-order valence-electron chi connectivity index (χ2n) is 5.48. The van der Waals surface area contributed by atoms with E-state index in [0.29, 0.717) is 5.46 Å². The van der Waals surface area contributed by atoms with Crippen molar-refractivity contribution in [2.75, 3.05) is 0 Å². The van der Waals surface area contributed by atoms with Gasteiger partial charge in [0.05, 0.1) is 11.2 Å². The van der Waals surface area contributed by atoms with E-state index in [4.69, 9.17) is 19.8 Å². The van der Waals surface area contributed by atoms with Crippen molar-refractivity contribution in [2.24, 2.45) is 0 Å². The Labute approximate surface area is 112 Å². The molecule has 5 nitrogen and oxygen atoms in total. The van der Waals surface area contributed by atoms with Gasteiger partial charge >= 0.3 is 7.12 Å². The standard InChI is InChI=1S/C13H14BN3O2/c1-12(2)13(3,4)19-14(18-12)9-5-10(7-15)17-11(6-9)8-16/h5-6H,1-4H3. The molecule has 1 fully saturated rings. The van der Waals surface area contributed by atoms with E-state index in [1.54, 1.807) is 12.1 Å². The van der Waals surface area contributed by atoms with Crippen LogP contribution in [0.15, 0.2) is 12.1 Å². The molecular formula is C13H14BN3O2. The fraction of sp³-hybridized carbons (Fsp3) is 0.462. The zero-order valence-electron chi connectivity index (χ0n) is 11.4. The maximum atomic E-state index is 8.93. The van der Waals surface area contributed by atoms with Crippen molar-refractivity contribution >= 4 is 12.6 Å². The van der Waals surface area contributed by atoms with E-state index < -0.39 is 18.3 Å². The third-order valence-corrected chi connectivity index (χ3v) is 3.60. The van der Waals surface area contributed by atoms with Gasteiger partial charge in [-0.25, -0.2) is 4.98 Å². The van der Waals surface area contributed by atoms with Gasteiger partial charge in [0.15, 0.2) is 0 Å². The number of hydrogen-bond acceptors (Lipinski definition) is 5. The average Bonchev–Trinajstić information content (AvgIpc) is 2.58. The molecule has 2 heterocycles. The maximum absolute atomic E-state index is 8.93. The molecule has 0 radical (unpaired) electrons. The van der Waals surface area contributed by atoms with Gasteiger partial charge < -0.3 is 9.31 Å². The largest absolute Gasteiger partial charge is 0.495 e. The lowest BCUT2D eigenvalue weighted by molar-refractivity contribution is 0.00578. The van der Waals surface area contributed by atoms with Crippen molar-refractivity contribution < 1.29 is 9.31 Å². The lowest BCUT2D eigenvalue weighted by atomic mass is 9.79. The van der Waals surface area contributed by atoms with Crippen LogP contribution < -0.4 is 5.46 Å². The topological polar surface area (TPSA) is 78.9 Å². The minimum Gasteiger partial charge on any atom is -0.399 e. The number of nitrogens with zero attached hydrogens (tertiary/aromatic N) is 3. The number of pyridine rings is 1. The van der Waals surface area contributed by atoms with Gasteiger partial charge in [-0.2, -0.15) is 10.5 Å². The molecule has 6 heteroatoms. The van der Waals surface area contributed by atoms with Crippen molar-refractivity contribution in [3.05, 3.63) is 23.5 Å². The summed E-state index contributed by atoms with van der Waals surface area (Å²) in [6, 6.07) is 7.04. The van der Waals surface area contributed by atoms with Gasteiger partial charge in [-0.1, -0.05) is 0 Å². The SMILES string of the molecule is CC1(C)OB(c2cc(C#N)nc(C#N)c2)OC1(C)C. The van der Waals surface area contributed by atoms with Crippen molar-refractivity contribution in [1.29, 1.82) is 10.5 Å². The van der Waals surface area contributed by atoms with Gasteiger partial charge in [-0.05, 0) is 45.3 Å². The molecule has 0 spiro atoms. The molecule has 0 unspecified atom stereocenters. The third-order valence-electron chi connectivity index (χ3n) is 3.60. The molecule has 0 amide bonds. The van der Waals surface area contributed by atoms with Crippen molar-refractivity contribution in [2.45, 2.75) is 38.9 Å². The summed E-state index contributed by atoms with van der Waals surface area (Å²) in [5, 5.41) is 17.9. The van der Waals surface area contributed by atoms with Crippen LogP contribution in [-0.2, 0) is 9.31 Å². The Morgan fingerprint density at radius 2 is 1.42 bits per heavy atom. The summed E-state index contributed by atoms with van der Waals surface area (Å²) >= 11 is 0. The van der Waals surface area contributed by atoms with E-state index >= 15 is 0 Å². The highest BCUT2D eigenvalue weighted by Crippen LogP contribution is 2.36. The molecule has 1 aromatic rings. The first-order chi connectivity index (χ1) is 8.79. The molecule has 1 aromatic heterocycles. The summed E-state index contributed by atoms with van der Waals surface area (Å²) in [6.07, 6.45) is 0. The first-order valence-electron chi connectivity index (χ1n) is 5.97. The van der Waals surface area contributed by atoms with E-state index in [1.165, 1.54) is 0 Å². The maximum Gasteiger partial charge on any atom is 0.495 e. The Morgan fingerprint density at radius 3 is 1.79 bits per heavy atom. The minimum atomic E-state index is -0.591. The van der Waals surface area contributed by atoms with Crippen molar-refractivity contribution in [1.82, 2.24) is 4.98 Å². The normalized spacial score (nSPS) is 19.8. The van der Waals surface area contributed by atoms with Crippen LogP contribution in [0.5, 0.6) is 0 Å². The fourth-order valence-electron chi connectivity index (χ4n) is 1.78. The van der Waals surface area contributed by atoms with E-state index in [9.17, 15) is 0 Å². The predicted octanol–water partition coefficient (Wildman–Crippen LogP) is 1.12. The first kappa shape index (κ1) is 13.5. The zero-order valence-corrected chi connectivity index (χ0v) is 11.4. The Hall–Kier alpha value is -1.89. The van der Waals surface area contributed by atoms with E-state index in [2.05, 4.69) is 4.98 Å². The summed E-state index contributed by atoms with van der Waals surface area (Å²) in [5.41, 5.74) is 0.0930. The number of hydrogen-bond donors (Lipinski definition) is 0. The first-order valence-corrected chi connectivity index (χ1v) is 5.97. The van der Waals surface area contributed by atoms with Crippen molar-refractivity contribution in [3.63, 3.8) is 0 Å². The van der Waals surface area contributed by atoms with Crippen LogP contribution in [0.1, 0.15) is 39.1 Å². The summed E-state index contributed by atoms with van der Waals surface area (Å²) in [6.45, 7) is 7.80. The van der Waals surface area contributed by atoms with Gasteiger partial charge in [0.1, 0.15) is 23.5 Å². The Morgan fingerprint density at radius 1 is 1.00 bits per heavy atom. The second kappa shape index (κ2) is 4.34. The minimum absolute atomic E-state index is 0.184. The summed E-state index contributed by atoms with van der Waals surface area (Å²) in [5.74, 6) is 0. The third kappa shape index (κ3) is 2.33. The van der Waals surface area contributed by atoms with Gasteiger partial charge in [0.25, 0.3) is 0 Å². The molecule has 96 valence electrons. The van der Waals surface area contributed by atoms with Gasteiger partial charge in [0.2, 0.25) is 0 Å². The molecule has 0 N–H and O–H groups in total. The molecule has 0 atom stereocenters. The van der Waals surface area contributed by atoms with E-state index in [1.807, 2.05) is 39.8 Å². The highest BCUT2D eigenvalue weighted by Gasteiger charge is 2.51. The summed E-state index contributed by atoms with van der Waals surface area (Å²) in [7, 11) is -0.591. The number of aromatic nitrogens is 1. The molecule has 0 aromatic carbocycles. The number of nitriles is 2. The van der Waals surface area contributed by atoms with Crippen LogP contribution in [0, 0.1) is 22.7 Å². The van der Waals surface area contributed by atoms with Crippen LogP contribution >= 0.6 is 0 Å². The Kier molecular flexibility index (Phi) is 3.10. The summed E-state index contributed by atoms with van der Waals surface area (Å²) in [4.78, 5) is 3.88. The van der Waals surface area contributed by atoms with Crippen LogP contribution in [0.25, 0.3) is 0 Å². The molecule has 0 bridgehead atoms. The molecule has 19 heavy (non-hydrogen) atoms. The van der Waals surface area contributed by atoms with Crippen molar-refractivity contribution in [3.8, 4) is 12.1 Å². The molecule has 2 rings (SSSR count). The highest BCUT2D eigenvalue weighted by atomic mass is 16.7. The molecule has 1 saturated heterocycles. The molecular weight excluding hydrogens is 241 g/mol. The van der Waals surface area contributed by atoms with Crippen LogP contribution in [-0.4, -0.2) is 23.3 Å². The quantitative estimate of drug-likeness (QED) is 0.702. The van der Waals surface area contributed by atoms with E-state index in [0.717, 1.165) is 0 Å². The molecule has 0 aliphatic carbocycles. The monoisotopic (exact) mass is 255 g/mol. The Balaban J connectivity index is 2.40. The Bertz CT molecular complexity index is 551. The highest BCUT2D eigenvalue weighted by molar-refractivity contribution is 6.62. The lowest BCUT2D eigenvalue weighted by Gasteiger charge is -2.32. The van der Waals surface area contributed by atoms with Crippen LogP contribution in [0.3, 0.4) is 0 Å². The van der Waals surface area contributed by atoms with Gasteiger partial charge in [0, 0.05) is 0 Å². The molecule has 1 aliphatic rings. The van der Waals surface area contributed by atoms with Crippen LogP contribution in [0.4, 0.5) is 0 Å². The smallest absolute Gasteiger partial charge is 0.399 e. The van der Waals surface area contributed by atoms with Gasteiger partial charge in [-0.15, -0.1) is 0 Å². The summed E-state index contributed by atoms with van der Waals surface area (Å²) < 4.78 is 11.8. The van der Waals surface area contributed by atoms with Gasteiger partial charge in [-0.3, -0.25) is 0 Å². The number of rotatable bonds is 1.